The van der Waals surface area contributed by atoms with E-state index < -0.39 is 15.9 Å². The number of carbonyl (C=O) groups is 2. The summed E-state index contributed by atoms with van der Waals surface area (Å²) < 4.78 is 23.0. The lowest BCUT2D eigenvalue weighted by molar-refractivity contribution is -0.130. The first-order valence-corrected chi connectivity index (χ1v) is 9.93. The molecular weight excluding hydrogens is 328 g/mol. The third kappa shape index (κ3) is 5.33. The van der Waals surface area contributed by atoms with E-state index in [0.29, 0.717) is 6.42 Å². The van der Waals surface area contributed by atoms with E-state index in [4.69, 9.17) is 0 Å². The molecule has 2 unspecified atom stereocenters. The van der Waals surface area contributed by atoms with E-state index in [1.807, 2.05) is 44.2 Å². The Hall–Kier alpha value is -1.89. The number of carbonyl (C=O) groups excluding carboxylic acids is 2. The zero-order chi connectivity index (χ0) is 17.7. The molecule has 1 aromatic carbocycles. The Balaban J connectivity index is 1.93. The number of sulfone groups is 1. The summed E-state index contributed by atoms with van der Waals surface area (Å²) in [7, 11) is -3.05. The summed E-state index contributed by atoms with van der Waals surface area (Å²) in [4.78, 5) is 24.6. The van der Waals surface area contributed by atoms with Crippen molar-refractivity contribution in [1.29, 1.82) is 0 Å². The Morgan fingerprint density at radius 1 is 1.21 bits per heavy atom. The Morgan fingerprint density at radius 2 is 1.88 bits per heavy atom. The van der Waals surface area contributed by atoms with Gasteiger partial charge in [0, 0.05) is 6.04 Å². The molecule has 1 aliphatic rings. The summed E-state index contributed by atoms with van der Waals surface area (Å²) in [6.45, 7) is 3.69. The van der Waals surface area contributed by atoms with Crippen molar-refractivity contribution in [3.63, 3.8) is 0 Å². The maximum atomic E-state index is 12.4. The molecule has 1 saturated heterocycles. The third-order valence-corrected chi connectivity index (χ3v) is 5.82. The molecular formula is C17H24N2O4S. The van der Waals surface area contributed by atoms with Crippen molar-refractivity contribution in [2.45, 2.75) is 38.8 Å². The van der Waals surface area contributed by atoms with E-state index in [2.05, 4.69) is 10.6 Å². The molecule has 24 heavy (non-hydrogen) atoms. The third-order valence-electron chi connectivity index (χ3n) is 4.05. The second-order valence-electron chi connectivity index (χ2n) is 6.56. The fourth-order valence-corrected chi connectivity index (χ4v) is 4.41. The highest BCUT2D eigenvalue weighted by molar-refractivity contribution is 7.91. The van der Waals surface area contributed by atoms with Gasteiger partial charge >= 0.3 is 0 Å². The summed E-state index contributed by atoms with van der Waals surface area (Å²) in [5, 5.41) is 5.51. The van der Waals surface area contributed by atoms with Gasteiger partial charge in [0.25, 0.3) is 0 Å². The fourth-order valence-electron chi connectivity index (χ4n) is 2.74. The van der Waals surface area contributed by atoms with Crippen molar-refractivity contribution >= 4 is 21.7 Å². The number of hydrogen-bond acceptors (Lipinski definition) is 4. The molecule has 0 spiro atoms. The Kier molecular flexibility index (Phi) is 5.99. The Bertz CT molecular complexity index is 686. The van der Waals surface area contributed by atoms with Gasteiger partial charge in [-0.05, 0) is 17.9 Å². The number of amides is 2. The van der Waals surface area contributed by atoms with Crippen LogP contribution in [0, 0.1) is 5.92 Å². The summed E-state index contributed by atoms with van der Waals surface area (Å²) in [6.07, 6.45) is 0.631. The lowest BCUT2D eigenvalue weighted by atomic mass is 10.0. The van der Waals surface area contributed by atoms with Gasteiger partial charge in [-0.1, -0.05) is 44.2 Å². The smallest absolute Gasteiger partial charge is 0.243 e. The maximum absolute atomic E-state index is 12.4. The van der Waals surface area contributed by atoms with Gasteiger partial charge in [0.05, 0.1) is 17.9 Å². The zero-order valence-corrected chi connectivity index (χ0v) is 14.8. The summed E-state index contributed by atoms with van der Waals surface area (Å²) >= 11 is 0. The van der Waals surface area contributed by atoms with Crippen LogP contribution in [0.4, 0.5) is 0 Å². The summed E-state index contributed by atoms with van der Waals surface area (Å²) in [5.41, 5.74) is 0.875. The lowest BCUT2D eigenvalue weighted by Gasteiger charge is -2.23. The minimum Gasteiger partial charge on any atom is -0.351 e. The van der Waals surface area contributed by atoms with E-state index in [-0.39, 0.29) is 41.7 Å². The van der Waals surface area contributed by atoms with Gasteiger partial charge in [0.15, 0.2) is 9.84 Å². The highest BCUT2D eigenvalue weighted by Crippen LogP contribution is 2.12. The second-order valence-corrected chi connectivity index (χ2v) is 8.79. The molecule has 6 nitrogen and oxygen atoms in total. The first-order chi connectivity index (χ1) is 11.3. The Labute approximate surface area is 142 Å². The molecule has 1 fully saturated rings. The van der Waals surface area contributed by atoms with Crippen molar-refractivity contribution in [1.82, 2.24) is 10.6 Å². The Morgan fingerprint density at radius 3 is 2.42 bits per heavy atom. The quantitative estimate of drug-likeness (QED) is 0.787. The predicted octanol–water partition coefficient (Wildman–Crippen LogP) is 0.673. The van der Waals surface area contributed by atoms with Crippen molar-refractivity contribution in [3.8, 4) is 0 Å². The van der Waals surface area contributed by atoms with Crippen LogP contribution in [0.1, 0.15) is 25.8 Å². The molecule has 2 rings (SSSR count). The number of nitrogens with one attached hydrogen (secondary N) is 2. The molecule has 2 atom stereocenters. The molecule has 2 N–H and O–H groups in total. The van der Waals surface area contributed by atoms with Crippen LogP contribution in [0.5, 0.6) is 0 Å². The zero-order valence-electron chi connectivity index (χ0n) is 14.0. The minimum atomic E-state index is -3.05. The summed E-state index contributed by atoms with van der Waals surface area (Å²) in [6, 6.07) is 8.26. The second kappa shape index (κ2) is 7.79. The predicted molar refractivity (Wildman–Crippen MR) is 92.1 cm³/mol. The van der Waals surface area contributed by atoms with Crippen molar-refractivity contribution in [2.75, 3.05) is 11.5 Å². The maximum Gasteiger partial charge on any atom is 0.243 e. The fraction of sp³-hybridized carbons (Fsp3) is 0.529. The van der Waals surface area contributed by atoms with E-state index in [0.717, 1.165) is 5.56 Å². The van der Waals surface area contributed by atoms with Crippen LogP contribution >= 0.6 is 0 Å². The van der Waals surface area contributed by atoms with E-state index >= 15 is 0 Å². The van der Waals surface area contributed by atoms with E-state index in [1.54, 1.807) is 0 Å². The van der Waals surface area contributed by atoms with Crippen LogP contribution in [-0.4, -0.2) is 43.8 Å². The number of hydrogen-bond donors (Lipinski definition) is 2. The molecule has 1 aliphatic heterocycles. The van der Waals surface area contributed by atoms with Gasteiger partial charge in [0.1, 0.15) is 6.04 Å². The van der Waals surface area contributed by atoms with Gasteiger partial charge in [-0.15, -0.1) is 0 Å². The van der Waals surface area contributed by atoms with E-state index in [1.165, 1.54) is 0 Å². The molecule has 0 saturated carbocycles. The van der Waals surface area contributed by atoms with Gasteiger partial charge in [0.2, 0.25) is 11.8 Å². The monoisotopic (exact) mass is 352 g/mol. The molecule has 1 aromatic rings. The minimum absolute atomic E-state index is 0.0263. The first kappa shape index (κ1) is 18.4. The van der Waals surface area contributed by atoms with Crippen LogP contribution < -0.4 is 10.6 Å². The average Bonchev–Trinajstić information content (AvgIpc) is 2.84. The molecule has 0 radical (unpaired) electrons. The van der Waals surface area contributed by atoms with Crippen molar-refractivity contribution in [3.05, 3.63) is 35.9 Å². The number of rotatable bonds is 6. The highest BCUT2D eigenvalue weighted by atomic mass is 32.2. The largest absolute Gasteiger partial charge is 0.351 e. The average molecular weight is 352 g/mol. The van der Waals surface area contributed by atoms with Crippen LogP contribution in [-0.2, 0) is 25.8 Å². The number of benzene rings is 1. The van der Waals surface area contributed by atoms with Gasteiger partial charge in [-0.25, -0.2) is 8.42 Å². The SMILES string of the molecule is CC(C)C(NC(=O)Cc1ccccc1)C(=O)NC1CCS(=O)(=O)C1. The molecule has 132 valence electrons. The molecule has 0 aliphatic carbocycles. The summed E-state index contributed by atoms with van der Waals surface area (Å²) in [5.74, 6) is -0.572. The highest BCUT2D eigenvalue weighted by Gasteiger charge is 2.32. The molecule has 7 heteroatoms. The van der Waals surface area contributed by atoms with Crippen molar-refractivity contribution < 1.29 is 18.0 Å². The van der Waals surface area contributed by atoms with Crippen LogP contribution in [0.3, 0.4) is 0 Å². The van der Waals surface area contributed by atoms with Crippen LogP contribution in [0.2, 0.25) is 0 Å². The molecule has 2 amide bonds. The van der Waals surface area contributed by atoms with Gasteiger partial charge in [-0.2, -0.15) is 0 Å². The molecule has 0 bridgehead atoms. The normalized spacial score (nSPS) is 20.5. The van der Waals surface area contributed by atoms with Crippen LogP contribution in [0.25, 0.3) is 0 Å². The standard InChI is InChI=1S/C17H24N2O4S/c1-12(2)16(17(21)18-14-8-9-24(22,23)11-14)19-15(20)10-13-6-4-3-5-7-13/h3-7,12,14,16H,8-11H2,1-2H3,(H,18,21)(H,19,20). The first-order valence-electron chi connectivity index (χ1n) is 8.11. The van der Waals surface area contributed by atoms with Gasteiger partial charge in [-0.3, -0.25) is 9.59 Å². The van der Waals surface area contributed by atoms with Gasteiger partial charge < -0.3 is 10.6 Å². The lowest BCUT2D eigenvalue weighted by Crippen LogP contribution is -2.52. The van der Waals surface area contributed by atoms with E-state index in [9.17, 15) is 18.0 Å². The molecule has 0 aromatic heterocycles. The van der Waals surface area contributed by atoms with Crippen molar-refractivity contribution in [2.24, 2.45) is 5.92 Å². The van der Waals surface area contributed by atoms with Crippen LogP contribution in [0.15, 0.2) is 30.3 Å². The molecule has 1 heterocycles. The topological polar surface area (TPSA) is 92.3 Å².